The quantitative estimate of drug-likeness (QED) is 0.616. The highest BCUT2D eigenvalue weighted by molar-refractivity contribution is 7.22. The van der Waals surface area contributed by atoms with E-state index in [0.717, 1.165) is 16.0 Å². The van der Waals surface area contributed by atoms with Crippen molar-refractivity contribution >= 4 is 33.0 Å². The van der Waals surface area contributed by atoms with E-state index in [9.17, 15) is 4.79 Å². The van der Waals surface area contributed by atoms with Crippen molar-refractivity contribution in [2.45, 2.75) is 0 Å². The first-order chi connectivity index (χ1) is 10.2. The van der Waals surface area contributed by atoms with Crippen LogP contribution in [0.25, 0.3) is 26.3 Å². The highest BCUT2D eigenvalue weighted by Gasteiger charge is 2.15. The zero-order chi connectivity index (χ0) is 14.4. The van der Waals surface area contributed by atoms with Crippen LogP contribution in [0, 0.1) is 0 Å². The second kappa shape index (κ2) is 4.39. The highest BCUT2D eigenvalue weighted by Crippen LogP contribution is 2.33. The van der Waals surface area contributed by atoms with Crippen LogP contribution in [0.3, 0.4) is 0 Å². The van der Waals surface area contributed by atoms with E-state index in [1.54, 1.807) is 22.0 Å². The maximum atomic E-state index is 11.2. The second-order valence-corrected chi connectivity index (χ2v) is 5.66. The molecule has 6 heteroatoms. The Labute approximate surface area is 123 Å². The third-order valence-corrected chi connectivity index (χ3v) is 4.45. The van der Waals surface area contributed by atoms with Crippen LogP contribution in [0.5, 0.6) is 0 Å². The average Bonchev–Trinajstić information content (AvgIpc) is 3.10. The van der Waals surface area contributed by atoms with E-state index in [2.05, 4.69) is 28.3 Å². The lowest BCUT2D eigenvalue weighted by atomic mass is 10.2. The summed E-state index contributed by atoms with van der Waals surface area (Å²) in [5, 5.41) is 14.5. The molecule has 0 saturated carbocycles. The molecule has 3 heterocycles. The predicted octanol–water partition coefficient (Wildman–Crippen LogP) is 3.31. The lowest BCUT2D eigenvalue weighted by Gasteiger charge is -2.01. The smallest absolute Gasteiger partial charge is 0.341 e. The second-order valence-electron chi connectivity index (χ2n) is 4.58. The number of carboxylic acid groups (broad SMARTS) is 1. The molecule has 21 heavy (non-hydrogen) atoms. The zero-order valence-electron chi connectivity index (χ0n) is 10.7. The maximum absolute atomic E-state index is 11.2. The molecule has 3 aromatic heterocycles. The summed E-state index contributed by atoms with van der Waals surface area (Å²) in [6.07, 6.45) is 2.95. The Morgan fingerprint density at radius 3 is 2.90 bits per heavy atom. The zero-order valence-corrected chi connectivity index (χ0v) is 11.5. The van der Waals surface area contributed by atoms with E-state index >= 15 is 0 Å². The van der Waals surface area contributed by atoms with E-state index in [0.29, 0.717) is 5.65 Å². The standard InChI is InChI=1S/C15H9N3O2S/c19-15(20)10-8-17-18-11(5-6-16-14(10)18)13-7-9-3-1-2-4-12(9)21-13/h1-8H,(H,19,20). The number of nitrogens with zero attached hydrogens (tertiary/aromatic N) is 3. The van der Waals surface area contributed by atoms with Gasteiger partial charge in [0.05, 0.1) is 16.8 Å². The summed E-state index contributed by atoms with van der Waals surface area (Å²) in [5.41, 5.74) is 1.31. The lowest BCUT2D eigenvalue weighted by Crippen LogP contribution is -1.98. The minimum atomic E-state index is -1.02. The van der Waals surface area contributed by atoms with E-state index in [1.165, 1.54) is 10.9 Å². The Morgan fingerprint density at radius 1 is 1.24 bits per heavy atom. The normalized spacial score (nSPS) is 11.2. The molecule has 0 fully saturated rings. The van der Waals surface area contributed by atoms with Crippen LogP contribution >= 0.6 is 11.3 Å². The van der Waals surface area contributed by atoms with Gasteiger partial charge >= 0.3 is 5.97 Å². The predicted molar refractivity (Wildman–Crippen MR) is 80.8 cm³/mol. The summed E-state index contributed by atoms with van der Waals surface area (Å²) in [4.78, 5) is 16.3. The van der Waals surface area contributed by atoms with Crippen LogP contribution < -0.4 is 0 Å². The molecule has 1 N–H and O–H groups in total. The number of fused-ring (bicyclic) bond motifs is 2. The lowest BCUT2D eigenvalue weighted by molar-refractivity contribution is 0.0699. The number of aromatic nitrogens is 3. The van der Waals surface area contributed by atoms with Crippen LogP contribution in [-0.2, 0) is 0 Å². The first-order valence-electron chi connectivity index (χ1n) is 6.29. The number of hydrogen-bond acceptors (Lipinski definition) is 4. The number of benzene rings is 1. The number of thiophene rings is 1. The van der Waals surface area contributed by atoms with Crippen molar-refractivity contribution in [3.8, 4) is 10.6 Å². The Bertz CT molecular complexity index is 954. The molecule has 4 rings (SSSR count). The molecule has 5 nitrogen and oxygen atoms in total. The van der Waals surface area contributed by atoms with Crippen molar-refractivity contribution in [3.05, 3.63) is 54.4 Å². The van der Waals surface area contributed by atoms with Crippen molar-refractivity contribution < 1.29 is 9.90 Å². The van der Waals surface area contributed by atoms with Crippen LogP contribution in [-0.4, -0.2) is 25.7 Å². The molecule has 0 spiro atoms. The number of carbonyl (C=O) groups is 1. The summed E-state index contributed by atoms with van der Waals surface area (Å²) < 4.78 is 2.76. The van der Waals surface area contributed by atoms with Crippen molar-refractivity contribution in [3.63, 3.8) is 0 Å². The molecule has 0 aliphatic rings. The molecule has 102 valence electrons. The van der Waals surface area contributed by atoms with Gasteiger partial charge in [-0.1, -0.05) is 18.2 Å². The van der Waals surface area contributed by atoms with Gasteiger partial charge in [-0.05, 0) is 23.6 Å². The van der Waals surface area contributed by atoms with Gasteiger partial charge in [0.2, 0.25) is 0 Å². The Kier molecular flexibility index (Phi) is 2.52. The Balaban J connectivity index is 1.99. The van der Waals surface area contributed by atoms with Gasteiger partial charge in [-0.15, -0.1) is 11.3 Å². The highest BCUT2D eigenvalue weighted by atomic mass is 32.1. The molecule has 0 saturated heterocycles. The molecule has 0 aliphatic carbocycles. The summed E-state index contributed by atoms with van der Waals surface area (Å²) >= 11 is 1.65. The van der Waals surface area contributed by atoms with Crippen molar-refractivity contribution in [2.75, 3.05) is 0 Å². The van der Waals surface area contributed by atoms with Gasteiger partial charge in [0.15, 0.2) is 5.65 Å². The SMILES string of the molecule is O=C(O)c1cnn2c(-c3cc4ccccc4s3)ccnc12. The molecule has 0 radical (unpaired) electrons. The van der Waals surface area contributed by atoms with Gasteiger partial charge in [0.1, 0.15) is 5.56 Å². The number of aromatic carboxylic acids is 1. The molecule has 0 atom stereocenters. The van der Waals surface area contributed by atoms with Crippen LogP contribution in [0.2, 0.25) is 0 Å². The fraction of sp³-hybridized carbons (Fsp3) is 0. The summed E-state index contributed by atoms with van der Waals surface area (Å²) in [6.45, 7) is 0. The van der Waals surface area contributed by atoms with E-state index < -0.39 is 5.97 Å². The Hall–Kier alpha value is -2.73. The Morgan fingerprint density at radius 2 is 2.10 bits per heavy atom. The molecule has 1 aromatic carbocycles. The van der Waals surface area contributed by atoms with E-state index in [-0.39, 0.29) is 5.56 Å². The first kappa shape index (κ1) is 12.0. The minimum Gasteiger partial charge on any atom is -0.477 e. The van der Waals surface area contributed by atoms with Gasteiger partial charge in [-0.2, -0.15) is 5.10 Å². The van der Waals surface area contributed by atoms with E-state index in [4.69, 9.17) is 5.11 Å². The average molecular weight is 295 g/mol. The molecule has 0 unspecified atom stereocenters. The van der Waals surface area contributed by atoms with E-state index in [1.807, 2.05) is 18.2 Å². The molecular weight excluding hydrogens is 286 g/mol. The maximum Gasteiger partial charge on any atom is 0.341 e. The van der Waals surface area contributed by atoms with Crippen molar-refractivity contribution in [2.24, 2.45) is 0 Å². The topological polar surface area (TPSA) is 67.5 Å². The fourth-order valence-electron chi connectivity index (χ4n) is 2.34. The fourth-order valence-corrected chi connectivity index (χ4v) is 3.41. The van der Waals surface area contributed by atoms with Gasteiger partial charge in [-0.3, -0.25) is 0 Å². The van der Waals surface area contributed by atoms with Crippen LogP contribution in [0.15, 0.2) is 48.8 Å². The molecule has 0 bridgehead atoms. The molecule has 0 aliphatic heterocycles. The first-order valence-corrected chi connectivity index (χ1v) is 7.11. The molecule has 4 aromatic rings. The van der Waals surface area contributed by atoms with Gasteiger partial charge in [0.25, 0.3) is 0 Å². The van der Waals surface area contributed by atoms with Gasteiger partial charge in [-0.25, -0.2) is 14.3 Å². The third-order valence-electron chi connectivity index (χ3n) is 3.31. The number of rotatable bonds is 2. The summed E-state index contributed by atoms with van der Waals surface area (Å²) in [5.74, 6) is -1.02. The summed E-state index contributed by atoms with van der Waals surface area (Å²) in [6, 6.07) is 12.0. The van der Waals surface area contributed by atoms with Crippen LogP contribution in [0.1, 0.15) is 10.4 Å². The van der Waals surface area contributed by atoms with Crippen molar-refractivity contribution in [1.82, 2.24) is 14.6 Å². The third kappa shape index (κ3) is 1.80. The largest absolute Gasteiger partial charge is 0.477 e. The van der Waals surface area contributed by atoms with Crippen molar-refractivity contribution in [1.29, 1.82) is 0 Å². The summed E-state index contributed by atoms with van der Waals surface area (Å²) in [7, 11) is 0. The van der Waals surface area contributed by atoms with Gasteiger partial charge in [0, 0.05) is 10.9 Å². The molecule has 0 amide bonds. The number of hydrogen-bond donors (Lipinski definition) is 1. The number of carboxylic acids is 1. The molecular formula is C15H9N3O2S. The minimum absolute atomic E-state index is 0.109. The van der Waals surface area contributed by atoms with Crippen LogP contribution in [0.4, 0.5) is 0 Å². The monoisotopic (exact) mass is 295 g/mol. The van der Waals surface area contributed by atoms with Gasteiger partial charge < -0.3 is 5.11 Å².